The molecule has 7 heteroatoms. The monoisotopic (exact) mass is 377 g/mol. The summed E-state index contributed by atoms with van der Waals surface area (Å²) in [5, 5.41) is 4.43. The van der Waals surface area contributed by atoms with Crippen LogP contribution in [0.3, 0.4) is 0 Å². The number of hydrogen-bond donors (Lipinski definition) is 1. The van der Waals surface area contributed by atoms with Crippen LogP contribution in [0.1, 0.15) is 32.1 Å². The van der Waals surface area contributed by atoms with Gasteiger partial charge in [-0.15, -0.1) is 0 Å². The topological polar surface area (TPSA) is 60.1 Å². The molecule has 1 N–H and O–H groups in total. The van der Waals surface area contributed by atoms with Gasteiger partial charge in [0.2, 0.25) is 5.91 Å². The lowest BCUT2D eigenvalue weighted by Gasteiger charge is -2.11. The molecule has 1 amide bonds. The second-order valence-electron chi connectivity index (χ2n) is 5.77. The van der Waals surface area contributed by atoms with Gasteiger partial charge in [0, 0.05) is 11.6 Å². The van der Waals surface area contributed by atoms with Gasteiger partial charge in [-0.2, -0.15) is 0 Å². The van der Waals surface area contributed by atoms with Crippen molar-refractivity contribution in [2.45, 2.75) is 38.0 Å². The highest BCUT2D eigenvalue weighted by molar-refractivity contribution is 7.99. The van der Waals surface area contributed by atoms with E-state index < -0.39 is 0 Å². The minimum atomic E-state index is -0.156. The van der Waals surface area contributed by atoms with Crippen molar-refractivity contribution in [2.24, 2.45) is 0 Å². The summed E-state index contributed by atoms with van der Waals surface area (Å²) >= 11 is 7.49. The maximum absolute atomic E-state index is 12.2. The molecule has 25 heavy (non-hydrogen) atoms. The van der Waals surface area contributed by atoms with Gasteiger partial charge >= 0.3 is 0 Å². The molecule has 0 bridgehead atoms. The number of rotatable bonds is 7. The van der Waals surface area contributed by atoms with Gasteiger partial charge in [-0.25, -0.2) is 4.98 Å². The summed E-state index contributed by atoms with van der Waals surface area (Å²) < 4.78 is 7.45. The molecule has 0 saturated carbocycles. The van der Waals surface area contributed by atoms with E-state index in [1.54, 1.807) is 6.26 Å². The quantitative estimate of drug-likeness (QED) is 0.608. The number of amides is 1. The van der Waals surface area contributed by atoms with E-state index >= 15 is 0 Å². The molecule has 2 heterocycles. The number of nitrogens with one attached hydrogen (secondary N) is 1. The van der Waals surface area contributed by atoms with Crippen molar-refractivity contribution in [1.82, 2.24) is 14.9 Å². The Hall–Kier alpha value is -1.92. The van der Waals surface area contributed by atoms with Crippen LogP contribution in [0.25, 0.3) is 11.0 Å². The number of aromatic nitrogens is 2. The van der Waals surface area contributed by atoms with Gasteiger partial charge in [-0.3, -0.25) is 4.79 Å². The van der Waals surface area contributed by atoms with E-state index in [-0.39, 0.29) is 11.9 Å². The lowest BCUT2D eigenvalue weighted by molar-refractivity contribution is -0.119. The first-order valence-corrected chi connectivity index (χ1v) is 9.56. The van der Waals surface area contributed by atoms with Gasteiger partial charge in [-0.1, -0.05) is 30.3 Å². The van der Waals surface area contributed by atoms with Gasteiger partial charge in [0.1, 0.15) is 5.76 Å². The first-order chi connectivity index (χ1) is 12.1. The van der Waals surface area contributed by atoms with Crippen LogP contribution in [0.5, 0.6) is 0 Å². The number of aryl methyl sites for hydroxylation is 1. The highest BCUT2D eigenvalue weighted by Gasteiger charge is 2.15. The number of thioether (sulfide) groups is 1. The molecule has 3 rings (SSSR count). The number of furan rings is 1. The molecule has 0 radical (unpaired) electrons. The average Bonchev–Trinajstić information content (AvgIpc) is 3.21. The van der Waals surface area contributed by atoms with Crippen LogP contribution in [0.4, 0.5) is 0 Å². The summed E-state index contributed by atoms with van der Waals surface area (Å²) in [6, 6.07) is 9.20. The fraction of sp³-hybridized carbons (Fsp3) is 0.333. The molecule has 3 aromatic rings. The zero-order valence-corrected chi connectivity index (χ0v) is 15.7. The fourth-order valence-corrected chi connectivity index (χ4v) is 3.67. The Morgan fingerprint density at radius 3 is 3.00 bits per heavy atom. The summed E-state index contributed by atoms with van der Waals surface area (Å²) in [7, 11) is 0. The van der Waals surface area contributed by atoms with Crippen LogP contribution in [0, 0.1) is 0 Å². The number of halogens is 1. The zero-order chi connectivity index (χ0) is 17.8. The Morgan fingerprint density at radius 1 is 1.44 bits per heavy atom. The summed E-state index contributed by atoms with van der Waals surface area (Å²) in [6.45, 7) is 4.87. The van der Waals surface area contributed by atoms with E-state index in [0.717, 1.165) is 34.9 Å². The van der Waals surface area contributed by atoms with E-state index in [1.807, 2.05) is 37.3 Å². The number of imidazole rings is 1. The summed E-state index contributed by atoms with van der Waals surface area (Å²) in [5.41, 5.74) is 1.89. The zero-order valence-electron chi connectivity index (χ0n) is 14.2. The Kier molecular flexibility index (Phi) is 5.71. The second-order valence-corrected chi connectivity index (χ2v) is 7.15. The van der Waals surface area contributed by atoms with Crippen LogP contribution >= 0.6 is 23.4 Å². The smallest absolute Gasteiger partial charge is 0.231 e. The summed E-state index contributed by atoms with van der Waals surface area (Å²) in [4.78, 5) is 16.9. The van der Waals surface area contributed by atoms with E-state index in [2.05, 4.69) is 21.8 Å². The molecule has 1 unspecified atom stereocenters. The molecular formula is C18H20ClN3O2S. The van der Waals surface area contributed by atoms with Gasteiger partial charge in [-0.05, 0) is 43.7 Å². The number of fused-ring (bicyclic) bond motifs is 1. The van der Waals surface area contributed by atoms with Gasteiger partial charge in [0.15, 0.2) is 5.16 Å². The molecule has 2 aromatic heterocycles. The summed E-state index contributed by atoms with van der Waals surface area (Å²) in [5.74, 6) is 0.986. The number of carbonyl (C=O) groups is 1. The van der Waals surface area contributed by atoms with E-state index in [0.29, 0.717) is 10.8 Å². The molecule has 0 fully saturated rings. The van der Waals surface area contributed by atoms with Gasteiger partial charge in [0.25, 0.3) is 0 Å². The van der Waals surface area contributed by atoms with Gasteiger partial charge in [0.05, 0.1) is 29.1 Å². The molecule has 5 nitrogen and oxygen atoms in total. The highest BCUT2D eigenvalue weighted by atomic mass is 35.5. The second kappa shape index (κ2) is 7.97. The van der Waals surface area contributed by atoms with Crippen molar-refractivity contribution in [3.8, 4) is 0 Å². The van der Waals surface area contributed by atoms with Crippen LogP contribution in [0.15, 0.2) is 46.2 Å². The predicted octanol–water partition coefficient (Wildman–Crippen LogP) is 4.66. The number of nitrogens with zero attached hydrogens (tertiary/aromatic N) is 2. The Labute approximate surface area is 155 Å². The van der Waals surface area contributed by atoms with Crippen LogP contribution in [0.2, 0.25) is 5.02 Å². The number of benzene rings is 1. The molecule has 0 spiro atoms. The minimum absolute atomic E-state index is 0.0537. The van der Waals surface area contributed by atoms with Crippen LogP contribution in [-0.4, -0.2) is 21.2 Å². The average molecular weight is 378 g/mol. The predicted molar refractivity (Wildman–Crippen MR) is 101 cm³/mol. The number of hydrogen-bond acceptors (Lipinski definition) is 4. The molecule has 0 aliphatic rings. The Bertz CT molecular complexity index is 861. The summed E-state index contributed by atoms with van der Waals surface area (Å²) in [6.07, 6.45) is 2.59. The fourth-order valence-electron chi connectivity index (χ4n) is 2.65. The van der Waals surface area contributed by atoms with Crippen LogP contribution < -0.4 is 5.32 Å². The third-order valence-electron chi connectivity index (χ3n) is 3.80. The molecule has 0 aliphatic heterocycles. The first kappa shape index (κ1) is 17.9. The van der Waals surface area contributed by atoms with Crippen molar-refractivity contribution in [2.75, 3.05) is 5.75 Å². The minimum Gasteiger partial charge on any atom is -0.467 e. The van der Waals surface area contributed by atoms with Gasteiger partial charge < -0.3 is 14.3 Å². The van der Waals surface area contributed by atoms with Crippen molar-refractivity contribution in [1.29, 1.82) is 0 Å². The normalized spacial score (nSPS) is 12.4. The standard InChI is InChI=1S/C18H20ClN3O2S/c1-3-8-22-15-7-6-13(19)10-14(15)21-18(22)25-11-17(23)20-12(2)16-5-4-9-24-16/h4-7,9-10,12H,3,8,11H2,1-2H3,(H,20,23). The van der Waals surface area contributed by atoms with E-state index in [4.69, 9.17) is 16.0 Å². The molecule has 0 aliphatic carbocycles. The molecule has 0 saturated heterocycles. The molecule has 1 atom stereocenters. The van der Waals surface area contributed by atoms with E-state index in [1.165, 1.54) is 11.8 Å². The third kappa shape index (κ3) is 4.19. The Morgan fingerprint density at radius 2 is 2.28 bits per heavy atom. The largest absolute Gasteiger partial charge is 0.467 e. The SMILES string of the molecule is CCCn1c(SCC(=O)NC(C)c2ccco2)nc2cc(Cl)ccc21. The van der Waals surface area contributed by atoms with Crippen molar-refractivity contribution >= 4 is 40.3 Å². The first-order valence-electron chi connectivity index (χ1n) is 8.20. The maximum Gasteiger partial charge on any atom is 0.231 e. The maximum atomic E-state index is 12.2. The lowest BCUT2D eigenvalue weighted by Crippen LogP contribution is -2.28. The highest BCUT2D eigenvalue weighted by Crippen LogP contribution is 2.26. The molecular weight excluding hydrogens is 358 g/mol. The van der Waals surface area contributed by atoms with Crippen LogP contribution in [-0.2, 0) is 11.3 Å². The molecule has 132 valence electrons. The number of carbonyl (C=O) groups excluding carboxylic acids is 1. The Balaban J connectivity index is 1.69. The lowest BCUT2D eigenvalue weighted by atomic mass is 10.2. The van der Waals surface area contributed by atoms with Crippen molar-refractivity contribution in [3.63, 3.8) is 0 Å². The third-order valence-corrected chi connectivity index (χ3v) is 5.01. The van der Waals surface area contributed by atoms with Crippen molar-refractivity contribution < 1.29 is 9.21 Å². The van der Waals surface area contributed by atoms with Crippen molar-refractivity contribution in [3.05, 3.63) is 47.4 Å². The molecule has 1 aromatic carbocycles. The van der Waals surface area contributed by atoms with E-state index in [9.17, 15) is 4.79 Å².